The van der Waals surface area contributed by atoms with E-state index in [4.69, 9.17) is 0 Å². The zero-order chi connectivity index (χ0) is 18.5. The smallest absolute Gasteiger partial charge is 0.255 e. The molecule has 2 N–H and O–H groups in total. The Hall–Kier alpha value is -3.15. The van der Waals surface area contributed by atoms with Crippen LogP contribution in [0, 0.1) is 0 Å². The number of carbonyl (C=O) groups is 3. The van der Waals surface area contributed by atoms with Crippen molar-refractivity contribution in [3.05, 3.63) is 65.2 Å². The molecule has 0 saturated carbocycles. The summed E-state index contributed by atoms with van der Waals surface area (Å²) < 4.78 is 0. The van der Waals surface area contributed by atoms with E-state index >= 15 is 0 Å². The number of hydrogen-bond acceptors (Lipinski definition) is 3. The van der Waals surface area contributed by atoms with Crippen molar-refractivity contribution in [2.45, 2.75) is 19.4 Å². The van der Waals surface area contributed by atoms with Crippen LogP contribution in [0.3, 0.4) is 0 Å². The molecule has 3 rings (SSSR count). The van der Waals surface area contributed by atoms with Gasteiger partial charge in [-0.3, -0.25) is 14.4 Å². The summed E-state index contributed by atoms with van der Waals surface area (Å²) in [5, 5.41) is 5.37. The maximum absolute atomic E-state index is 12.5. The van der Waals surface area contributed by atoms with E-state index in [0.29, 0.717) is 29.8 Å². The molecule has 134 valence electrons. The Labute approximate surface area is 152 Å². The molecule has 0 bridgehead atoms. The van der Waals surface area contributed by atoms with Crippen LogP contribution in [-0.4, -0.2) is 36.2 Å². The largest absolute Gasteiger partial charge is 0.355 e. The van der Waals surface area contributed by atoms with Crippen molar-refractivity contribution in [3.63, 3.8) is 0 Å². The van der Waals surface area contributed by atoms with E-state index < -0.39 is 0 Å². The van der Waals surface area contributed by atoms with Gasteiger partial charge in [0, 0.05) is 43.4 Å². The fourth-order valence-corrected chi connectivity index (χ4v) is 2.96. The zero-order valence-corrected chi connectivity index (χ0v) is 14.6. The molecule has 1 aliphatic heterocycles. The minimum absolute atomic E-state index is 0.163. The fraction of sp³-hybridized carbons (Fsp3) is 0.250. The average Bonchev–Trinajstić information content (AvgIpc) is 3.06. The number of likely N-dealkylation sites (tertiary alicyclic amines) is 1. The number of nitrogens with one attached hydrogen (secondary N) is 2. The van der Waals surface area contributed by atoms with Crippen molar-refractivity contribution in [2.24, 2.45) is 0 Å². The van der Waals surface area contributed by atoms with Gasteiger partial charge in [-0.15, -0.1) is 0 Å². The standard InChI is InChI=1S/C20H21N3O3/c1-21-19(25)15-7-9-17(10-8-15)22-20(26)16-5-2-4-14(12-16)13-23-11-3-6-18(23)24/h2,4-5,7-10,12H,3,6,11,13H2,1H3,(H,21,25)(H,22,26). The SMILES string of the molecule is CNC(=O)c1ccc(NC(=O)c2cccc(CN3CCCC3=O)c2)cc1. The molecule has 1 aliphatic rings. The third-order valence-corrected chi connectivity index (χ3v) is 4.37. The maximum atomic E-state index is 12.5. The van der Waals surface area contributed by atoms with Crippen molar-refractivity contribution >= 4 is 23.4 Å². The lowest BCUT2D eigenvalue weighted by Crippen LogP contribution is -2.24. The van der Waals surface area contributed by atoms with E-state index in [-0.39, 0.29) is 17.7 Å². The van der Waals surface area contributed by atoms with Crippen LogP contribution in [0.4, 0.5) is 5.69 Å². The van der Waals surface area contributed by atoms with Gasteiger partial charge in [-0.05, 0) is 48.4 Å². The van der Waals surface area contributed by atoms with Gasteiger partial charge in [-0.25, -0.2) is 0 Å². The monoisotopic (exact) mass is 351 g/mol. The van der Waals surface area contributed by atoms with Crippen molar-refractivity contribution < 1.29 is 14.4 Å². The van der Waals surface area contributed by atoms with Gasteiger partial charge in [0.15, 0.2) is 0 Å². The van der Waals surface area contributed by atoms with Gasteiger partial charge < -0.3 is 15.5 Å². The Balaban J connectivity index is 1.67. The molecule has 0 aliphatic carbocycles. The summed E-state index contributed by atoms with van der Waals surface area (Å²) in [6.45, 7) is 1.30. The molecule has 0 spiro atoms. The van der Waals surface area contributed by atoms with E-state index in [9.17, 15) is 14.4 Å². The minimum Gasteiger partial charge on any atom is -0.355 e. The first-order valence-electron chi connectivity index (χ1n) is 8.57. The van der Waals surface area contributed by atoms with Gasteiger partial charge in [0.05, 0.1) is 0 Å². The van der Waals surface area contributed by atoms with Gasteiger partial charge in [0.25, 0.3) is 11.8 Å². The molecular formula is C20H21N3O3. The lowest BCUT2D eigenvalue weighted by Gasteiger charge is -2.16. The number of nitrogens with zero attached hydrogens (tertiary/aromatic N) is 1. The summed E-state index contributed by atoms with van der Waals surface area (Å²) in [5.74, 6) is -0.240. The molecule has 0 radical (unpaired) electrons. The predicted molar refractivity (Wildman–Crippen MR) is 98.9 cm³/mol. The first-order chi connectivity index (χ1) is 12.6. The second-order valence-corrected chi connectivity index (χ2v) is 6.23. The number of rotatable bonds is 5. The summed E-state index contributed by atoms with van der Waals surface area (Å²) >= 11 is 0. The Morgan fingerprint density at radius 1 is 1.04 bits per heavy atom. The second kappa shape index (κ2) is 7.82. The highest BCUT2D eigenvalue weighted by Crippen LogP contribution is 2.16. The average molecular weight is 351 g/mol. The topological polar surface area (TPSA) is 78.5 Å². The number of carbonyl (C=O) groups excluding carboxylic acids is 3. The van der Waals surface area contributed by atoms with E-state index in [1.54, 1.807) is 43.4 Å². The van der Waals surface area contributed by atoms with Crippen LogP contribution in [-0.2, 0) is 11.3 Å². The predicted octanol–water partition coefficient (Wildman–Crippen LogP) is 2.42. The van der Waals surface area contributed by atoms with E-state index in [1.807, 2.05) is 17.0 Å². The number of anilines is 1. The van der Waals surface area contributed by atoms with Crippen molar-refractivity contribution in [1.82, 2.24) is 10.2 Å². The van der Waals surface area contributed by atoms with Gasteiger partial charge >= 0.3 is 0 Å². The highest BCUT2D eigenvalue weighted by molar-refractivity contribution is 6.04. The first-order valence-corrected chi connectivity index (χ1v) is 8.57. The molecule has 1 fully saturated rings. The summed E-state index contributed by atoms with van der Waals surface area (Å²) in [4.78, 5) is 37.6. The maximum Gasteiger partial charge on any atom is 0.255 e. The molecule has 3 amide bonds. The Bertz CT molecular complexity index is 830. The Kier molecular flexibility index (Phi) is 5.31. The molecule has 0 atom stereocenters. The van der Waals surface area contributed by atoms with Crippen LogP contribution < -0.4 is 10.6 Å². The normalized spacial score (nSPS) is 13.6. The minimum atomic E-state index is -0.229. The zero-order valence-electron chi connectivity index (χ0n) is 14.6. The third-order valence-electron chi connectivity index (χ3n) is 4.37. The summed E-state index contributed by atoms with van der Waals surface area (Å²) in [7, 11) is 1.57. The highest BCUT2D eigenvalue weighted by Gasteiger charge is 2.20. The van der Waals surface area contributed by atoms with Gasteiger partial charge in [-0.1, -0.05) is 12.1 Å². The van der Waals surface area contributed by atoms with E-state index in [1.165, 1.54) is 0 Å². The first kappa shape index (κ1) is 17.7. The van der Waals surface area contributed by atoms with Gasteiger partial charge in [0.2, 0.25) is 5.91 Å². The molecule has 26 heavy (non-hydrogen) atoms. The molecule has 2 aromatic carbocycles. The lowest BCUT2D eigenvalue weighted by molar-refractivity contribution is -0.128. The van der Waals surface area contributed by atoms with Crippen LogP contribution in [0.1, 0.15) is 39.1 Å². The lowest BCUT2D eigenvalue weighted by atomic mass is 10.1. The highest BCUT2D eigenvalue weighted by atomic mass is 16.2. The summed E-state index contributed by atoms with van der Waals surface area (Å²) in [5.41, 5.74) is 2.61. The molecule has 1 heterocycles. The number of benzene rings is 2. The molecule has 2 aromatic rings. The molecule has 0 aromatic heterocycles. The molecule has 6 heteroatoms. The summed E-state index contributed by atoms with van der Waals surface area (Å²) in [6, 6.07) is 14.0. The van der Waals surface area contributed by atoms with E-state index in [2.05, 4.69) is 10.6 Å². The fourth-order valence-electron chi connectivity index (χ4n) is 2.96. The second-order valence-electron chi connectivity index (χ2n) is 6.23. The van der Waals surface area contributed by atoms with E-state index in [0.717, 1.165) is 18.5 Å². The third kappa shape index (κ3) is 4.08. The molecule has 6 nitrogen and oxygen atoms in total. The Morgan fingerprint density at radius 2 is 1.81 bits per heavy atom. The van der Waals surface area contributed by atoms with Gasteiger partial charge in [0.1, 0.15) is 0 Å². The number of hydrogen-bond donors (Lipinski definition) is 2. The summed E-state index contributed by atoms with van der Waals surface area (Å²) in [6.07, 6.45) is 1.50. The Morgan fingerprint density at radius 3 is 2.46 bits per heavy atom. The molecule has 0 unspecified atom stereocenters. The van der Waals surface area contributed by atoms with Crippen LogP contribution in [0.2, 0.25) is 0 Å². The van der Waals surface area contributed by atoms with Crippen molar-refractivity contribution in [2.75, 3.05) is 18.9 Å². The van der Waals surface area contributed by atoms with Crippen LogP contribution >= 0.6 is 0 Å². The van der Waals surface area contributed by atoms with Crippen LogP contribution in [0.15, 0.2) is 48.5 Å². The van der Waals surface area contributed by atoms with Crippen molar-refractivity contribution in [1.29, 1.82) is 0 Å². The number of amides is 3. The quantitative estimate of drug-likeness (QED) is 0.868. The van der Waals surface area contributed by atoms with Gasteiger partial charge in [-0.2, -0.15) is 0 Å². The van der Waals surface area contributed by atoms with Crippen molar-refractivity contribution in [3.8, 4) is 0 Å². The van der Waals surface area contributed by atoms with Crippen LogP contribution in [0.25, 0.3) is 0 Å². The van der Waals surface area contributed by atoms with Crippen LogP contribution in [0.5, 0.6) is 0 Å². The molecule has 1 saturated heterocycles. The molecular weight excluding hydrogens is 330 g/mol.